The molecule has 1 N–H and O–H groups in total. The van der Waals surface area contributed by atoms with Gasteiger partial charge >= 0.3 is 0 Å². The van der Waals surface area contributed by atoms with Crippen LogP contribution in [-0.2, 0) is 6.61 Å². The molecule has 0 radical (unpaired) electrons. The molecule has 0 saturated heterocycles. The Balaban J connectivity index is 1.58. The quantitative estimate of drug-likeness (QED) is 0.507. The molecule has 6 heteroatoms. The van der Waals surface area contributed by atoms with Gasteiger partial charge in [0.25, 0.3) is 5.91 Å². The lowest BCUT2D eigenvalue weighted by Gasteiger charge is -2.08. The third-order valence-corrected chi connectivity index (χ3v) is 4.73. The number of halogens is 2. The summed E-state index contributed by atoms with van der Waals surface area (Å²) in [5, 5.41) is 3.51. The topological polar surface area (TPSA) is 51.5 Å². The summed E-state index contributed by atoms with van der Waals surface area (Å²) in [7, 11) is 0. The van der Waals surface area contributed by atoms with Gasteiger partial charge in [0.15, 0.2) is 5.76 Å². The molecule has 27 heavy (non-hydrogen) atoms. The Labute approximate surface area is 168 Å². The first-order valence-corrected chi connectivity index (χ1v) is 9.26. The van der Waals surface area contributed by atoms with Crippen molar-refractivity contribution in [2.45, 2.75) is 26.4 Å². The van der Waals surface area contributed by atoms with Gasteiger partial charge in [-0.05, 0) is 53.9 Å². The van der Waals surface area contributed by atoms with E-state index in [0.29, 0.717) is 27.4 Å². The lowest BCUT2D eigenvalue weighted by atomic mass is 10.0. The van der Waals surface area contributed by atoms with Crippen molar-refractivity contribution < 1.29 is 13.9 Å². The van der Waals surface area contributed by atoms with Gasteiger partial charge in [0.2, 0.25) is 0 Å². The summed E-state index contributed by atoms with van der Waals surface area (Å²) in [4.78, 5) is 12.3. The number of hydrogen-bond donors (Lipinski definition) is 1. The first-order valence-electron chi connectivity index (χ1n) is 8.50. The Morgan fingerprint density at radius 2 is 1.78 bits per heavy atom. The van der Waals surface area contributed by atoms with E-state index in [1.54, 1.807) is 30.3 Å². The van der Waals surface area contributed by atoms with Crippen molar-refractivity contribution in [3.8, 4) is 5.75 Å². The molecule has 0 fully saturated rings. The van der Waals surface area contributed by atoms with E-state index in [0.717, 1.165) is 5.75 Å². The number of anilines is 1. The summed E-state index contributed by atoms with van der Waals surface area (Å²) >= 11 is 11.8. The maximum Gasteiger partial charge on any atom is 0.291 e. The molecule has 1 amide bonds. The van der Waals surface area contributed by atoms with Gasteiger partial charge in [-0.1, -0.05) is 49.2 Å². The van der Waals surface area contributed by atoms with Gasteiger partial charge < -0.3 is 14.5 Å². The molecule has 0 atom stereocenters. The molecule has 0 spiro atoms. The van der Waals surface area contributed by atoms with Gasteiger partial charge in [-0.2, -0.15) is 0 Å². The molecule has 140 valence electrons. The smallest absolute Gasteiger partial charge is 0.291 e. The lowest BCUT2D eigenvalue weighted by Crippen LogP contribution is -2.10. The maximum atomic E-state index is 12.3. The van der Waals surface area contributed by atoms with E-state index in [1.165, 1.54) is 5.56 Å². The summed E-state index contributed by atoms with van der Waals surface area (Å²) in [5.74, 6) is 1.59. The van der Waals surface area contributed by atoms with Crippen LogP contribution in [0.1, 0.15) is 41.6 Å². The molecule has 0 saturated carbocycles. The fraction of sp³-hybridized carbons (Fsp3) is 0.190. The molecule has 3 aromatic rings. The van der Waals surface area contributed by atoms with Crippen molar-refractivity contribution in [2.75, 3.05) is 5.32 Å². The predicted octanol–water partition coefficient (Wildman–Crippen LogP) is 6.54. The summed E-state index contributed by atoms with van der Waals surface area (Å²) in [6.45, 7) is 4.52. The predicted molar refractivity (Wildman–Crippen MR) is 108 cm³/mol. The zero-order chi connectivity index (χ0) is 19.4. The minimum atomic E-state index is -0.374. The van der Waals surface area contributed by atoms with Gasteiger partial charge in [-0.3, -0.25) is 4.79 Å². The number of nitrogens with one attached hydrogen (secondary N) is 1. The summed E-state index contributed by atoms with van der Waals surface area (Å²) < 4.78 is 11.3. The van der Waals surface area contributed by atoms with Gasteiger partial charge in [-0.25, -0.2) is 0 Å². The van der Waals surface area contributed by atoms with E-state index < -0.39 is 0 Å². The Morgan fingerprint density at radius 1 is 1.04 bits per heavy atom. The van der Waals surface area contributed by atoms with E-state index in [1.807, 2.05) is 24.3 Å². The molecule has 0 aliphatic carbocycles. The van der Waals surface area contributed by atoms with Crippen molar-refractivity contribution in [3.05, 3.63) is 81.7 Å². The molecule has 1 aromatic heterocycles. The number of carbonyl (C=O) groups excluding carboxylic acids is 1. The number of hydrogen-bond acceptors (Lipinski definition) is 3. The zero-order valence-electron chi connectivity index (χ0n) is 15.0. The summed E-state index contributed by atoms with van der Waals surface area (Å²) in [6, 6.07) is 16.1. The maximum absolute atomic E-state index is 12.3. The molecule has 2 aromatic carbocycles. The zero-order valence-corrected chi connectivity index (χ0v) is 16.5. The number of furan rings is 1. The first-order chi connectivity index (χ1) is 12.9. The molecule has 0 bridgehead atoms. The Kier molecular flexibility index (Phi) is 6.09. The SMILES string of the molecule is CC(C)c1ccc(OCc2ccc(C(=O)Nc3ccc(Cl)c(Cl)c3)o2)cc1. The van der Waals surface area contributed by atoms with Gasteiger partial charge in [-0.15, -0.1) is 0 Å². The van der Waals surface area contributed by atoms with Crippen LogP contribution in [0.4, 0.5) is 5.69 Å². The number of amides is 1. The third-order valence-electron chi connectivity index (χ3n) is 3.99. The standard InChI is InChI=1S/C21H19Cl2NO3/c1-13(2)14-3-6-16(7-4-14)26-12-17-8-10-20(27-17)21(25)24-15-5-9-18(22)19(23)11-15/h3-11,13H,12H2,1-2H3,(H,24,25). The monoisotopic (exact) mass is 403 g/mol. The van der Waals surface area contributed by atoms with Crippen LogP contribution in [0, 0.1) is 0 Å². The van der Waals surface area contributed by atoms with Crippen LogP contribution in [0.25, 0.3) is 0 Å². The highest BCUT2D eigenvalue weighted by atomic mass is 35.5. The second kappa shape index (κ2) is 8.51. The van der Waals surface area contributed by atoms with Crippen LogP contribution in [-0.4, -0.2) is 5.91 Å². The van der Waals surface area contributed by atoms with Gasteiger partial charge in [0.05, 0.1) is 10.0 Å². The first kappa shape index (κ1) is 19.3. The Morgan fingerprint density at radius 3 is 2.44 bits per heavy atom. The van der Waals surface area contributed by atoms with Crippen LogP contribution in [0.2, 0.25) is 10.0 Å². The molecule has 0 aliphatic rings. The lowest BCUT2D eigenvalue weighted by molar-refractivity contribution is 0.0992. The number of ether oxygens (including phenoxy) is 1. The normalized spacial score (nSPS) is 10.9. The molecule has 4 nitrogen and oxygen atoms in total. The van der Waals surface area contributed by atoms with Gasteiger partial charge in [0, 0.05) is 5.69 Å². The molecule has 0 aliphatic heterocycles. The average Bonchev–Trinajstić information content (AvgIpc) is 3.12. The van der Waals surface area contributed by atoms with E-state index in [2.05, 4.69) is 19.2 Å². The summed E-state index contributed by atoms with van der Waals surface area (Å²) in [5.41, 5.74) is 1.79. The van der Waals surface area contributed by atoms with Crippen LogP contribution >= 0.6 is 23.2 Å². The largest absolute Gasteiger partial charge is 0.486 e. The average molecular weight is 404 g/mol. The third kappa shape index (κ3) is 5.06. The summed E-state index contributed by atoms with van der Waals surface area (Å²) in [6.07, 6.45) is 0. The number of carbonyl (C=O) groups is 1. The second-order valence-corrected chi connectivity index (χ2v) is 7.18. The Hall–Kier alpha value is -2.43. The van der Waals surface area contributed by atoms with Gasteiger partial charge in [0.1, 0.15) is 18.1 Å². The van der Waals surface area contributed by atoms with Crippen molar-refractivity contribution in [2.24, 2.45) is 0 Å². The molecular weight excluding hydrogens is 385 g/mol. The van der Waals surface area contributed by atoms with Crippen LogP contribution in [0.15, 0.2) is 59.0 Å². The highest BCUT2D eigenvalue weighted by Gasteiger charge is 2.13. The highest BCUT2D eigenvalue weighted by molar-refractivity contribution is 6.42. The van der Waals surface area contributed by atoms with Crippen LogP contribution < -0.4 is 10.1 Å². The van der Waals surface area contributed by atoms with E-state index >= 15 is 0 Å². The van der Waals surface area contributed by atoms with Crippen molar-refractivity contribution in [3.63, 3.8) is 0 Å². The van der Waals surface area contributed by atoms with E-state index in [-0.39, 0.29) is 18.3 Å². The van der Waals surface area contributed by atoms with Crippen LogP contribution in [0.3, 0.4) is 0 Å². The molecule has 3 rings (SSSR count). The van der Waals surface area contributed by atoms with Crippen LogP contribution in [0.5, 0.6) is 5.75 Å². The number of benzene rings is 2. The minimum absolute atomic E-state index is 0.190. The fourth-order valence-electron chi connectivity index (χ4n) is 2.45. The Bertz CT molecular complexity index is 933. The fourth-order valence-corrected chi connectivity index (χ4v) is 2.75. The van der Waals surface area contributed by atoms with E-state index in [4.69, 9.17) is 32.4 Å². The van der Waals surface area contributed by atoms with Crippen molar-refractivity contribution in [1.29, 1.82) is 0 Å². The van der Waals surface area contributed by atoms with Crippen molar-refractivity contribution in [1.82, 2.24) is 0 Å². The minimum Gasteiger partial charge on any atom is -0.486 e. The molecule has 0 unspecified atom stereocenters. The highest BCUT2D eigenvalue weighted by Crippen LogP contribution is 2.25. The second-order valence-electron chi connectivity index (χ2n) is 6.36. The van der Waals surface area contributed by atoms with E-state index in [9.17, 15) is 4.79 Å². The number of rotatable bonds is 6. The molecular formula is C21H19Cl2NO3. The van der Waals surface area contributed by atoms with Crippen molar-refractivity contribution >= 4 is 34.8 Å². The molecule has 1 heterocycles.